The van der Waals surface area contributed by atoms with Gasteiger partial charge in [-0.3, -0.25) is 19.3 Å². The number of benzene rings is 4. The van der Waals surface area contributed by atoms with Gasteiger partial charge in [0.25, 0.3) is 5.91 Å². The van der Waals surface area contributed by atoms with Crippen molar-refractivity contribution in [1.82, 2.24) is 24.8 Å². The first-order chi connectivity index (χ1) is 32.1. The standard InChI is InChI=1S/C53H57F2N7O5/c1-33-18-20-62(49(64)25-33)46-17-14-37(26-48(46)67-5)47(63)9-7-6-8-19-60-21-23-61(24-22-60)31-35-10-12-36(13-11-35)45-30-42-50(56-32-57-51(42)58-45)41-28-39(54)29-44(34(41)2)59-52(65)40-16-15-38(27-43(40)55)53(3,4)66/h10-17,26-30,32,66H,1,6-9,18-25,31H2,2-5H3,(H,59,65)(H,56,57,58). The van der Waals surface area contributed by atoms with Crippen molar-refractivity contribution in [2.24, 2.45) is 0 Å². The topological polar surface area (TPSA) is 144 Å². The van der Waals surface area contributed by atoms with Crippen molar-refractivity contribution in [2.75, 3.05) is 56.6 Å². The third-order valence-corrected chi connectivity index (χ3v) is 12.9. The quantitative estimate of drug-likeness (QED) is 0.0492. The van der Waals surface area contributed by atoms with Gasteiger partial charge in [-0.1, -0.05) is 48.9 Å². The van der Waals surface area contributed by atoms with Gasteiger partial charge in [0.2, 0.25) is 5.91 Å². The van der Waals surface area contributed by atoms with E-state index in [-0.39, 0.29) is 22.9 Å². The summed E-state index contributed by atoms with van der Waals surface area (Å²) < 4.78 is 35.8. The number of ketones is 1. The summed E-state index contributed by atoms with van der Waals surface area (Å²) in [4.78, 5) is 57.9. The van der Waals surface area contributed by atoms with Crippen LogP contribution in [0, 0.1) is 18.6 Å². The smallest absolute Gasteiger partial charge is 0.258 e. The summed E-state index contributed by atoms with van der Waals surface area (Å²) in [6.45, 7) is 15.1. The average molecular weight is 910 g/mol. The number of methoxy groups -OCH3 is 1. The molecule has 6 aromatic rings. The second-order valence-electron chi connectivity index (χ2n) is 18.2. The van der Waals surface area contributed by atoms with Crippen molar-refractivity contribution in [3.8, 4) is 28.3 Å². The number of piperazine rings is 1. The number of carbonyl (C=O) groups is 3. The number of fused-ring (bicyclic) bond motifs is 1. The molecule has 0 atom stereocenters. The van der Waals surface area contributed by atoms with Crippen LogP contribution in [-0.2, 0) is 16.9 Å². The Hall–Kier alpha value is -6.61. The van der Waals surface area contributed by atoms with Gasteiger partial charge in [-0.25, -0.2) is 18.7 Å². The Morgan fingerprint density at radius 1 is 0.910 bits per heavy atom. The number of nitrogens with one attached hydrogen (secondary N) is 2. The number of anilines is 2. The van der Waals surface area contributed by atoms with E-state index in [4.69, 9.17) is 4.74 Å². The van der Waals surface area contributed by atoms with Gasteiger partial charge < -0.3 is 29.9 Å². The monoisotopic (exact) mass is 909 g/mol. The first kappa shape index (κ1) is 46.9. The number of aromatic nitrogens is 3. The number of halogens is 2. The highest BCUT2D eigenvalue weighted by Gasteiger charge is 2.26. The molecule has 0 spiro atoms. The number of unbranched alkanes of at least 4 members (excludes halogenated alkanes) is 2. The largest absolute Gasteiger partial charge is 0.495 e. The zero-order chi connectivity index (χ0) is 47.4. The van der Waals surface area contributed by atoms with Crippen LogP contribution in [-0.4, -0.2) is 93.8 Å². The SMILES string of the molecule is C=C1CCN(c2ccc(C(=O)CCCCCN3CCN(Cc4ccc(-c5cc6c(-c7cc(F)cc(NC(=O)c8ccc(C(C)(C)O)cc8F)c7C)ncnc6[nH]5)cc4)CC3)cc2OC)C(=O)C1. The van der Waals surface area contributed by atoms with E-state index >= 15 is 4.39 Å². The number of amides is 2. The van der Waals surface area contributed by atoms with Crippen LogP contribution in [0.25, 0.3) is 33.5 Å². The van der Waals surface area contributed by atoms with Crippen LogP contribution in [0.2, 0.25) is 0 Å². The predicted octanol–water partition coefficient (Wildman–Crippen LogP) is 9.61. The lowest BCUT2D eigenvalue weighted by Crippen LogP contribution is -2.46. The molecule has 2 saturated heterocycles. The zero-order valence-corrected chi connectivity index (χ0v) is 38.6. The molecule has 3 N–H and O–H groups in total. The molecule has 2 aliphatic rings. The first-order valence-corrected chi connectivity index (χ1v) is 22.9. The minimum atomic E-state index is -1.29. The van der Waals surface area contributed by atoms with Gasteiger partial charge in [0.1, 0.15) is 29.4 Å². The van der Waals surface area contributed by atoms with E-state index in [0.29, 0.717) is 69.8 Å². The number of aromatic amines is 1. The number of hydrogen-bond acceptors (Lipinski definition) is 9. The number of H-pyrrole nitrogens is 1. The molecule has 67 heavy (non-hydrogen) atoms. The van der Waals surface area contributed by atoms with E-state index in [2.05, 4.69) is 60.9 Å². The average Bonchev–Trinajstić information content (AvgIpc) is 3.75. The third kappa shape index (κ3) is 10.8. The molecule has 348 valence electrons. The van der Waals surface area contributed by atoms with Gasteiger partial charge in [0.15, 0.2) is 5.78 Å². The van der Waals surface area contributed by atoms with Crippen molar-refractivity contribution in [1.29, 1.82) is 0 Å². The Kier molecular flexibility index (Phi) is 14.1. The number of piperidine rings is 1. The van der Waals surface area contributed by atoms with Gasteiger partial charge in [0.05, 0.1) is 29.7 Å². The van der Waals surface area contributed by atoms with E-state index in [1.54, 1.807) is 31.1 Å². The second-order valence-corrected chi connectivity index (χ2v) is 18.2. The van der Waals surface area contributed by atoms with Crippen LogP contribution in [0.3, 0.4) is 0 Å². The number of Topliss-reactive ketones (excluding diaryl/α,β-unsaturated/α-hetero) is 1. The first-order valence-electron chi connectivity index (χ1n) is 22.9. The highest BCUT2D eigenvalue weighted by molar-refractivity contribution is 6.06. The van der Waals surface area contributed by atoms with E-state index in [0.717, 1.165) is 87.8 Å². The molecule has 2 amide bonds. The van der Waals surface area contributed by atoms with Crippen molar-refractivity contribution >= 4 is 40.0 Å². The second kappa shape index (κ2) is 20.1. The molecule has 0 aliphatic carbocycles. The van der Waals surface area contributed by atoms with Crippen LogP contribution >= 0.6 is 0 Å². The van der Waals surface area contributed by atoms with Crippen LogP contribution in [0.4, 0.5) is 20.2 Å². The number of carbonyl (C=O) groups excluding carboxylic acids is 3. The predicted molar refractivity (Wildman–Crippen MR) is 257 cm³/mol. The molecule has 2 fully saturated rings. The molecular formula is C53H57F2N7O5. The molecule has 8 rings (SSSR count). The lowest BCUT2D eigenvalue weighted by atomic mass is 9.96. The van der Waals surface area contributed by atoms with Crippen molar-refractivity contribution < 1.29 is 33.0 Å². The molecule has 2 aliphatic heterocycles. The van der Waals surface area contributed by atoms with Crippen molar-refractivity contribution in [2.45, 2.75) is 71.4 Å². The number of nitrogens with zero attached hydrogens (tertiary/aromatic N) is 5. The summed E-state index contributed by atoms with van der Waals surface area (Å²) in [5, 5.41) is 13.6. The maximum absolute atomic E-state index is 15.2. The molecule has 0 saturated carbocycles. The van der Waals surface area contributed by atoms with Gasteiger partial charge in [-0.2, -0.15) is 0 Å². The Balaban J connectivity index is 0.814. The van der Waals surface area contributed by atoms with Crippen molar-refractivity contribution in [3.63, 3.8) is 0 Å². The Bertz CT molecular complexity index is 2830. The molecule has 0 unspecified atom stereocenters. The molecular weight excluding hydrogens is 853 g/mol. The van der Waals surface area contributed by atoms with Crippen LogP contribution in [0.15, 0.2) is 97.3 Å². The van der Waals surface area contributed by atoms with Crippen LogP contribution < -0.4 is 15.0 Å². The summed E-state index contributed by atoms with van der Waals surface area (Å²) in [7, 11) is 1.57. The molecule has 14 heteroatoms. The molecule has 4 aromatic carbocycles. The number of rotatable bonds is 16. The van der Waals surface area contributed by atoms with Gasteiger partial charge in [-0.15, -0.1) is 0 Å². The van der Waals surface area contributed by atoms with E-state index in [1.165, 1.54) is 50.0 Å². The minimum absolute atomic E-state index is 0.00275. The van der Waals surface area contributed by atoms with Crippen molar-refractivity contribution in [3.05, 3.63) is 137 Å². The molecule has 4 heterocycles. The van der Waals surface area contributed by atoms with E-state index in [9.17, 15) is 23.9 Å². The lowest BCUT2D eigenvalue weighted by molar-refractivity contribution is -0.118. The highest BCUT2D eigenvalue weighted by atomic mass is 19.1. The van der Waals surface area contributed by atoms with Gasteiger partial charge in [-0.05, 0) is 117 Å². The summed E-state index contributed by atoms with van der Waals surface area (Å²) in [6.07, 6.45) is 5.79. The van der Waals surface area contributed by atoms with E-state index in [1.807, 2.05) is 12.1 Å². The Morgan fingerprint density at radius 2 is 1.67 bits per heavy atom. The molecule has 0 bridgehead atoms. The normalized spacial score (nSPS) is 15.1. The van der Waals surface area contributed by atoms with Gasteiger partial charge >= 0.3 is 0 Å². The summed E-state index contributed by atoms with van der Waals surface area (Å²) >= 11 is 0. The number of hydrogen-bond donors (Lipinski definition) is 3. The zero-order valence-electron chi connectivity index (χ0n) is 38.6. The lowest BCUT2D eigenvalue weighted by Gasteiger charge is -2.34. The van der Waals surface area contributed by atoms with Crippen LogP contribution in [0.1, 0.15) is 89.8 Å². The minimum Gasteiger partial charge on any atom is -0.495 e. The van der Waals surface area contributed by atoms with Crippen LogP contribution in [0.5, 0.6) is 5.75 Å². The Morgan fingerprint density at radius 3 is 2.39 bits per heavy atom. The molecule has 0 radical (unpaired) electrons. The summed E-state index contributed by atoms with van der Waals surface area (Å²) in [5.74, 6) is -1.53. The summed E-state index contributed by atoms with van der Waals surface area (Å²) in [5.41, 5.74) is 6.24. The highest BCUT2D eigenvalue weighted by Crippen LogP contribution is 2.36. The van der Waals surface area contributed by atoms with Gasteiger partial charge in [0, 0.05) is 80.0 Å². The maximum Gasteiger partial charge on any atom is 0.258 e. The molecule has 2 aromatic heterocycles. The number of ether oxygens (including phenoxy) is 1. The fraction of sp³-hybridized carbons (Fsp3) is 0.340. The fourth-order valence-corrected chi connectivity index (χ4v) is 8.92. The fourth-order valence-electron chi connectivity index (χ4n) is 8.92. The molecule has 12 nitrogen and oxygen atoms in total. The van der Waals surface area contributed by atoms with E-state index < -0.39 is 23.1 Å². The maximum atomic E-state index is 15.2. The Labute approximate surface area is 389 Å². The summed E-state index contributed by atoms with van der Waals surface area (Å²) in [6, 6.07) is 22.2. The number of aliphatic hydroxyl groups is 1. The third-order valence-electron chi connectivity index (χ3n) is 12.9.